The van der Waals surface area contributed by atoms with Gasteiger partial charge in [-0.3, -0.25) is 4.90 Å². The number of carbonyl (C=O) groups excluding carboxylic acids is 1. The first-order chi connectivity index (χ1) is 15.0. The van der Waals surface area contributed by atoms with Gasteiger partial charge < -0.3 is 9.47 Å². The predicted molar refractivity (Wildman–Crippen MR) is 119 cm³/mol. The molecule has 0 aliphatic carbocycles. The monoisotopic (exact) mass is 444 g/mol. The molecule has 0 spiro atoms. The molecule has 0 bridgehead atoms. The van der Waals surface area contributed by atoms with Crippen LogP contribution in [-0.2, 0) is 19.6 Å². The zero-order valence-electron chi connectivity index (χ0n) is 17.6. The number of benzene rings is 2. The van der Waals surface area contributed by atoms with E-state index in [4.69, 9.17) is 9.47 Å². The van der Waals surface area contributed by atoms with Crippen LogP contribution >= 0.6 is 0 Å². The first-order valence-electron chi connectivity index (χ1n) is 10.3. The maximum Gasteiger partial charge on any atom is 0.344 e. The molecule has 0 radical (unpaired) electrons. The fourth-order valence-corrected chi connectivity index (χ4v) is 4.68. The largest absolute Gasteiger partial charge is 0.482 e. The highest BCUT2D eigenvalue weighted by atomic mass is 32.2. The third-order valence-corrected chi connectivity index (χ3v) is 6.84. The summed E-state index contributed by atoms with van der Waals surface area (Å²) in [6.45, 7) is 4.84. The van der Waals surface area contributed by atoms with Crippen LogP contribution in [0, 0.1) is 0 Å². The van der Waals surface area contributed by atoms with Gasteiger partial charge in [0.1, 0.15) is 5.75 Å². The molecule has 0 atom stereocenters. The molecule has 0 N–H and O–H groups in total. The topological polar surface area (TPSA) is 76.1 Å². The summed E-state index contributed by atoms with van der Waals surface area (Å²) in [6, 6.07) is 16.2. The van der Waals surface area contributed by atoms with Gasteiger partial charge in [-0.25, -0.2) is 13.2 Å². The smallest absolute Gasteiger partial charge is 0.344 e. The summed E-state index contributed by atoms with van der Waals surface area (Å²) in [4.78, 5) is 13.8. The van der Waals surface area contributed by atoms with E-state index in [1.165, 1.54) is 16.4 Å². The Balaban J connectivity index is 1.50. The van der Waals surface area contributed by atoms with Gasteiger partial charge in [-0.2, -0.15) is 4.31 Å². The molecule has 1 aliphatic heterocycles. The number of nitrogens with zero attached hydrogens (tertiary/aromatic N) is 2. The zero-order valence-corrected chi connectivity index (χ0v) is 18.5. The van der Waals surface area contributed by atoms with E-state index in [-0.39, 0.29) is 18.1 Å². The van der Waals surface area contributed by atoms with Gasteiger partial charge in [0.25, 0.3) is 0 Å². The van der Waals surface area contributed by atoms with Gasteiger partial charge in [-0.1, -0.05) is 42.5 Å². The number of hydrogen-bond donors (Lipinski definition) is 0. The van der Waals surface area contributed by atoms with Crippen LogP contribution in [0.1, 0.15) is 12.5 Å². The Hall–Kier alpha value is -2.68. The molecule has 1 aliphatic rings. The summed E-state index contributed by atoms with van der Waals surface area (Å²) in [6.07, 6.45) is 4.18. The fraction of sp³-hybridized carbons (Fsp3) is 0.348. The molecule has 8 heteroatoms. The van der Waals surface area contributed by atoms with Crippen molar-refractivity contribution in [1.82, 2.24) is 9.21 Å². The molecular weight excluding hydrogens is 416 g/mol. The van der Waals surface area contributed by atoms with E-state index in [1.807, 2.05) is 30.3 Å². The number of rotatable bonds is 9. The Morgan fingerprint density at radius 2 is 1.68 bits per heavy atom. The van der Waals surface area contributed by atoms with Crippen molar-refractivity contribution in [3.05, 3.63) is 66.2 Å². The van der Waals surface area contributed by atoms with Crippen LogP contribution < -0.4 is 4.74 Å². The molecule has 3 rings (SSSR count). The Morgan fingerprint density at radius 3 is 2.32 bits per heavy atom. The average Bonchev–Trinajstić information content (AvgIpc) is 2.79. The highest BCUT2D eigenvalue weighted by Crippen LogP contribution is 2.21. The second kappa shape index (κ2) is 11.1. The minimum atomic E-state index is -3.56. The van der Waals surface area contributed by atoms with Gasteiger partial charge in [-0.15, -0.1) is 0 Å². The van der Waals surface area contributed by atoms with E-state index in [9.17, 15) is 13.2 Å². The molecular formula is C23H28N2O5S. The quantitative estimate of drug-likeness (QED) is 0.554. The molecule has 1 heterocycles. The summed E-state index contributed by atoms with van der Waals surface area (Å²) < 4.78 is 37.5. The van der Waals surface area contributed by atoms with Crippen LogP contribution in [0.2, 0.25) is 0 Å². The maximum absolute atomic E-state index is 12.9. The Bertz CT molecular complexity index is 967. The molecule has 1 saturated heterocycles. The molecule has 0 saturated carbocycles. The van der Waals surface area contributed by atoms with Crippen LogP contribution in [0.4, 0.5) is 0 Å². The highest BCUT2D eigenvalue weighted by molar-refractivity contribution is 7.89. The van der Waals surface area contributed by atoms with Crippen LogP contribution in [0.25, 0.3) is 6.08 Å². The van der Waals surface area contributed by atoms with E-state index < -0.39 is 16.0 Å². The van der Waals surface area contributed by atoms with E-state index in [0.29, 0.717) is 31.9 Å². The van der Waals surface area contributed by atoms with Crippen molar-refractivity contribution in [2.24, 2.45) is 0 Å². The minimum absolute atomic E-state index is 0.208. The van der Waals surface area contributed by atoms with Crippen LogP contribution in [0.15, 0.2) is 65.6 Å². The lowest BCUT2D eigenvalue weighted by Gasteiger charge is -2.33. The minimum Gasteiger partial charge on any atom is -0.482 e. The van der Waals surface area contributed by atoms with E-state index in [1.54, 1.807) is 19.1 Å². The third kappa shape index (κ3) is 6.65. The molecule has 1 fully saturated rings. The summed E-state index contributed by atoms with van der Waals surface area (Å²) in [5, 5.41) is 0. The second-order valence-electron chi connectivity index (χ2n) is 7.08. The molecule has 7 nitrogen and oxygen atoms in total. The summed E-state index contributed by atoms with van der Waals surface area (Å²) in [5.74, 6) is -0.0438. The van der Waals surface area contributed by atoms with Gasteiger partial charge >= 0.3 is 5.97 Å². The molecule has 2 aromatic carbocycles. The lowest BCUT2D eigenvalue weighted by atomic mass is 10.2. The second-order valence-corrected chi connectivity index (χ2v) is 9.02. The van der Waals surface area contributed by atoms with Crippen molar-refractivity contribution in [1.29, 1.82) is 0 Å². The number of ether oxygens (including phenoxy) is 2. The normalized spacial score (nSPS) is 15.8. The number of sulfonamides is 1. The fourth-order valence-electron chi connectivity index (χ4n) is 3.26. The van der Waals surface area contributed by atoms with Crippen molar-refractivity contribution in [2.45, 2.75) is 11.8 Å². The Morgan fingerprint density at radius 1 is 1.00 bits per heavy atom. The van der Waals surface area contributed by atoms with Crippen molar-refractivity contribution >= 4 is 22.1 Å². The maximum atomic E-state index is 12.9. The summed E-state index contributed by atoms with van der Waals surface area (Å²) in [5.41, 5.74) is 1.15. The first-order valence-corrected chi connectivity index (χ1v) is 11.8. The molecule has 0 unspecified atom stereocenters. The lowest BCUT2D eigenvalue weighted by Crippen LogP contribution is -2.48. The molecule has 166 valence electrons. The lowest BCUT2D eigenvalue weighted by molar-refractivity contribution is -0.145. The van der Waals surface area contributed by atoms with Crippen LogP contribution in [-0.4, -0.2) is 69.5 Å². The van der Waals surface area contributed by atoms with E-state index >= 15 is 0 Å². The van der Waals surface area contributed by atoms with Crippen LogP contribution in [0.5, 0.6) is 5.75 Å². The third-order valence-electron chi connectivity index (χ3n) is 4.93. The van der Waals surface area contributed by atoms with Gasteiger partial charge in [-0.05, 0) is 36.8 Å². The molecule has 31 heavy (non-hydrogen) atoms. The molecule has 0 amide bonds. The van der Waals surface area contributed by atoms with Crippen LogP contribution in [0.3, 0.4) is 0 Å². The summed E-state index contributed by atoms with van der Waals surface area (Å²) in [7, 11) is -3.56. The number of carbonyl (C=O) groups is 1. The van der Waals surface area contributed by atoms with Gasteiger partial charge in [0.2, 0.25) is 10.0 Å². The average molecular weight is 445 g/mol. The SMILES string of the molecule is CCOC(=O)COc1ccc(S(=O)(=O)N2CCN(C/C=C/c3ccccc3)CC2)cc1. The standard InChI is InChI=1S/C23H28N2O5S/c1-2-29-23(26)19-30-21-10-12-22(13-11-21)31(27,28)25-17-15-24(16-18-25)14-6-9-20-7-4-3-5-8-20/h3-13H,2,14-19H2,1H3/b9-6+. The number of piperazine rings is 1. The summed E-state index contributed by atoms with van der Waals surface area (Å²) >= 11 is 0. The van der Waals surface area contributed by atoms with Crippen molar-refractivity contribution in [3.63, 3.8) is 0 Å². The predicted octanol–water partition coefficient (Wildman–Crippen LogP) is 2.65. The molecule has 0 aromatic heterocycles. The van der Waals surface area contributed by atoms with Gasteiger partial charge in [0, 0.05) is 32.7 Å². The van der Waals surface area contributed by atoms with Crippen molar-refractivity contribution in [2.75, 3.05) is 45.9 Å². The zero-order chi connectivity index (χ0) is 22.1. The highest BCUT2D eigenvalue weighted by Gasteiger charge is 2.28. The van der Waals surface area contributed by atoms with E-state index in [2.05, 4.69) is 17.1 Å². The number of esters is 1. The first kappa shape index (κ1) is 23.0. The molecule has 2 aromatic rings. The Kier molecular flexibility index (Phi) is 8.22. The number of hydrogen-bond acceptors (Lipinski definition) is 6. The van der Waals surface area contributed by atoms with Crippen molar-refractivity contribution in [3.8, 4) is 5.75 Å². The van der Waals surface area contributed by atoms with Crippen molar-refractivity contribution < 1.29 is 22.7 Å². The van der Waals surface area contributed by atoms with Gasteiger partial charge in [0.15, 0.2) is 6.61 Å². The Labute approximate surface area is 183 Å². The van der Waals surface area contributed by atoms with E-state index in [0.717, 1.165) is 12.1 Å². The van der Waals surface area contributed by atoms with Gasteiger partial charge in [0.05, 0.1) is 11.5 Å².